The number of carboxylic acids is 1. The third kappa shape index (κ3) is 6.16. The third-order valence-corrected chi connectivity index (χ3v) is 1.41. The van der Waals surface area contributed by atoms with Crippen molar-refractivity contribution in [2.24, 2.45) is 0 Å². The van der Waals surface area contributed by atoms with Crippen LogP contribution in [0, 0.1) is 11.8 Å². The first-order valence-corrected chi connectivity index (χ1v) is 4.28. The fourth-order valence-electron chi connectivity index (χ4n) is 0.723. The van der Waals surface area contributed by atoms with Crippen molar-refractivity contribution in [2.75, 3.05) is 6.61 Å². The second-order valence-corrected chi connectivity index (χ2v) is 2.55. The first-order chi connectivity index (χ1) is 7.11. The van der Waals surface area contributed by atoms with Crippen molar-refractivity contribution in [1.82, 2.24) is 5.32 Å². The van der Waals surface area contributed by atoms with Crippen LogP contribution in [0.25, 0.3) is 0 Å². The number of carboxylic acid groups (broad SMARTS) is 1. The Morgan fingerprint density at radius 3 is 2.80 bits per heavy atom. The number of hydrogen-bond acceptors (Lipinski definition) is 3. The molecule has 0 aromatic carbocycles. The molecular formula is C10H13NO4. The van der Waals surface area contributed by atoms with E-state index in [4.69, 9.17) is 5.11 Å². The van der Waals surface area contributed by atoms with E-state index in [1.54, 1.807) is 6.92 Å². The molecule has 0 saturated heterocycles. The van der Waals surface area contributed by atoms with Crippen molar-refractivity contribution in [3.63, 3.8) is 0 Å². The summed E-state index contributed by atoms with van der Waals surface area (Å²) in [5.41, 5.74) is 0. The molecule has 2 N–H and O–H groups in total. The van der Waals surface area contributed by atoms with E-state index in [1.165, 1.54) is 6.08 Å². The molecule has 0 aromatic heterocycles. The van der Waals surface area contributed by atoms with Gasteiger partial charge in [0.1, 0.15) is 12.6 Å². The van der Waals surface area contributed by atoms with Gasteiger partial charge in [0.2, 0.25) is 0 Å². The van der Waals surface area contributed by atoms with Crippen LogP contribution < -0.4 is 5.32 Å². The molecule has 0 heterocycles. The van der Waals surface area contributed by atoms with E-state index in [1.807, 2.05) is 0 Å². The summed E-state index contributed by atoms with van der Waals surface area (Å²) in [6, 6.07) is -1.05. The van der Waals surface area contributed by atoms with Crippen LogP contribution in [0.2, 0.25) is 0 Å². The van der Waals surface area contributed by atoms with E-state index in [2.05, 4.69) is 28.5 Å². The number of amides is 1. The lowest BCUT2D eigenvalue weighted by atomic mass is 10.2. The van der Waals surface area contributed by atoms with Crippen molar-refractivity contribution in [2.45, 2.75) is 19.4 Å². The summed E-state index contributed by atoms with van der Waals surface area (Å²) in [6.07, 6.45) is 0.649. The van der Waals surface area contributed by atoms with Crippen LogP contribution >= 0.6 is 0 Å². The standard InChI is InChI=1S/C10H13NO4/c1-3-5-6-8(9(12)13)11-10(14)15-7-4-2/h4,8H,2,6-7H2,1H3,(H,11,14)(H,12,13). The molecule has 0 rings (SSSR count). The molecule has 0 bridgehead atoms. The molecule has 1 amide bonds. The van der Waals surface area contributed by atoms with Gasteiger partial charge in [0.25, 0.3) is 0 Å². The summed E-state index contributed by atoms with van der Waals surface area (Å²) in [6.45, 7) is 4.98. The van der Waals surface area contributed by atoms with Gasteiger partial charge in [0.05, 0.1) is 0 Å². The van der Waals surface area contributed by atoms with Gasteiger partial charge in [-0.05, 0) is 6.92 Å². The fraction of sp³-hybridized carbons (Fsp3) is 0.400. The van der Waals surface area contributed by atoms with Crippen LogP contribution in [0.4, 0.5) is 4.79 Å². The van der Waals surface area contributed by atoms with Crippen LogP contribution in [0.3, 0.4) is 0 Å². The minimum atomic E-state index is -1.15. The molecule has 5 nitrogen and oxygen atoms in total. The number of ether oxygens (including phenoxy) is 1. The Balaban J connectivity index is 4.13. The highest BCUT2D eigenvalue weighted by atomic mass is 16.5. The van der Waals surface area contributed by atoms with Crippen LogP contribution in [-0.4, -0.2) is 29.8 Å². The van der Waals surface area contributed by atoms with Crippen LogP contribution in [0.15, 0.2) is 12.7 Å². The van der Waals surface area contributed by atoms with E-state index >= 15 is 0 Å². The fourth-order valence-corrected chi connectivity index (χ4v) is 0.723. The minimum Gasteiger partial charge on any atom is -0.480 e. The molecule has 0 aromatic rings. The maximum atomic E-state index is 11.0. The van der Waals surface area contributed by atoms with E-state index in [0.29, 0.717) is 0 Å². The van der Waals surface area contributed by atoms with Crippen LogP contribution in [0.5, 0.6) is 0 Å². The summed E-state index contributed by atoms with van der Waals surface area (Å²) < 4.78 is 4.57. The maximum Gasteiger partial charge on any atom is 0.408 e. The number of alkyl carbamates (subject to hydrolysis) is 1. The third-order valence-electron chi connectivity index (χ3n) is 1.41. The molecule has 0 saturated carbocycles. The summed E-state index contributed by atoms with van der Waals surface area (Å²) in [5.74, 6) is 3.97. The molecule has 0 fully saturated rings. The Kier molecular flexibility index (Phi) is 6.47. The largest absolute Gasteiger partial charge is 0.480 e. The lowest BCUT2D eigenvalue weighted by Gasteiger charge is -2.10. The van der Waals surface area contributed by atoms with Gasteiger partial charge in [-0.15, -0.1) is 11.8 Å². The average Bonchev–Trinajstić information content (AvgIpc) is 2.20. The Bertz CT molecular complexity index is 300. The van der Waals surface area contributed by atoms with Gasteiger partial charge >= 0.3 is 12.1 Å². The minimum absolute atomic E-state index is 0.0393. The zero-order valence-electron chi connectivity index (χ0n) is 8.45. The van der Waals surface area contributed by atoms with Crippen molar-refractivity contribution in [3.05, 3.63) is 12.7 Å². The zero-order valence-corrected chi connectivity index (χ0v) is 8.45. The number of rotatable bonds is 5. The number of carbonyl (C=O) groups excluding carboxylic acids is 1. The topological polar surface area (TPSA) is 75.6 Å². The quantitative estimate of drug-likeness (QED) is 0.520. The summed E-state index contributed by atoms with van der Waals surface area (Å²) >= 11 is 0. The molecule has 1 atom stereocenters. The number of nitrogens with one attached hydrogen (secondary N) is 1. The highest BCUT2D eigenvalue weighted by molar-refractivity contribution is 5.80. The molecule has 1 unspecified atom stereocenters. The van der Waals surface area contributed by atoms with E-state index in [0.717, 1.165) is 0 Å². The smallest absolute Gasteiger partial charge is 0.408 e. The lowest BCUT2D eigenvalue weighted by Crippen LogP contribution is -2.40. The average molecular weight is 211 g/mol. The van der Waals surface area contributed by atoms with Crippen molar-refractivity contribution < 1.29 is 19.4 Å². The van der Waals surface area contributed by atoms with Gasteiger partial charge in [-0.1, -0.05) is 12.7 Å². The molecule has 0 radical (unpaired) electrons. The Labute approximate surface area is 88.1 Å². The van der Waals surface area contributed by atoms with Gasteiger partial charge in [0.15, 0.2) is 0 Å². The second kappa shape index (κ2) is 7.44. The first-order valence-electron chi connectivity index (χ1n) is 4.28. The molecule has 0 aliphatic carbocycles. The molecule has 15 heavy (non-hydrogen) atoms. The van der Waals surface area contributed by atoms with Gasteiger partial charge < -0.3 is 15.2 Å². The van der Waals surface area contributed by atoms with Gasteiger partial charge in [0, 0.05) is 6.42 Å². The van der Waals surface area contributed by atoms with Gasteiger partial charge in [-0.3, -0.25) is 0 Å². The maximum absolute atomic E-state index is 11.0. The molecular weight excluding hydrogens is 198 g/mol. The van der Waals surface area contributed by atoms with Gasteiger partial charge in [-0.2, -0.15) is 0 Å². The Morgan fingerprint density at radius 2 is 2.33 bits per heavy atom. The van der Waals surface area contributed by atoms with Crippen molar-refractivity contribution in [1.29, 1.82) is 0 Å². The predicted molar refractivity (Wildman–Crippen MR) is 54.2 cm³/mol. The summed E-state index contributed by atoms with van der Waals surface area (Å²) in [5, 5.41) is 10.9. The Morgan fingerprint density at radius 1 is 1.67 bits per heavy atom. The Hall–Kier alpha value is -1.96. The van der Waals surface area contributed by atoms with Gasteiger partial charge in [-0.25, -0.2) is 9.59 Å². The molecule has 82 valence electrons. The van der Waals surface area contributed by atoms with Crippen molar-refractivity contribution >= 4 is 12.1 Å². The second-order valence-electron chi connectivity index (χ2n) is 2.55. The van der Waals surface area contributed by atoms with Crippen LogP contribution in [0.1, 0.15) is 13.3 Å². The SMILES string of the molecule is C=CCOC(=O)NC(CC#CC)C(=O)O. The first kappa shape index (κ1) is 13.0. The highest BCUT2D eigenvalue weighted by Gasteiger charge is 2.18. The molecule has 0 aliphatic rings. The van der Waals surface area contributed by atoms with Crippen molar-refractivity contribution in [3.8, 4) is 11.8 Å². The van der Waals surface area contributed by atoms with Crippen LogP contribution in [-0.2, 0) is 9.53 Å². The molecule has 0 spiro atoms. The van der Waals surface area contributed by atoms with E-state index < -0.39 is 18.1 Å². The normalized spacial score (nSPS) is 10.5. The monoisotopic (exact) mass is 211 g/mol. The lowest BCUT2D eigenvalue weighted by molar-refractivity contribution is -0.139. The number of carbonyl (C=O) groups is 2. The summed E-state index contributed by atoms with van der Waals surface area (Å²) in [4.78, 5) is 21.6. The summed E-state index contributed by atoms with van der Waals surface area (Å²) in [7, 11) is 0. The molecule has 5 heteroatoms. The number of hydrogen-bond donors (Lipinski definition) is 2. The van der Waals surface area contributed by atoms with E-state index in [-0.39, 0.29) is 13.0 Å². The highest BCUT2D eigenvalue weighted by Crippen LogP contribution is 1.92. The zero-order chi connectivity index (χ0) is 11.7. The molecule has 0 aliphatic heterocycles. The van der Waals surface area contributed by atoms with E-state index in [9.17, 15) is 9.59 Å². The predicted octanol–water partition coefficient (Wildman–Crippen LogP) is 0.765. The number of aliphatic carboxylic acids is 1.